The van der Waals surface area contributed by atoms with Gasteiger partial charge in [-0.1, -0.05) is 19.1 Å². The Labute approximate surface area is 136 Å². The predicted molar refractivity (Wildman–Crippen MR) is 86.8 cm³/mol. The quantitative estimate of drug-likeness (QED) is 0.843. The van der Waals surface area contributed by atoms with Gasteiger partial charge in [0.25, 0.3) is 0 Å². The number of nitrogens with zero attached hydrogens (tertiary/aromatic N) is 1. The Balaban J connectivity index is 1.80. The van der Waals surface area contributed by atoms with Crippen molar-refractivity contribution in [2.24, 2.45) is 0 Å². The van der Waals surface area contributed by atoms with Crippen molar-refractivity contribution in [2.45, 2.75) is 45.7 Å². The van der Waals surface area contributed by atoms with E-state index >= 15 is 0 Å². The van der Waals surface area contributed by atoms with Crippen LogP contribution in [0.5, 0.6) is 0 Å². The van der Waals surface area contributed by atoms with Crippen LogP contribution < -0.4 is 5.32 Å². The first-order chi connectivity index (χ1) is 11.0. The molecule has 1 amide bonds. The number of halogens is 2. The van der Waals surface area contributed by atoms with E-state index < -0.39 is 11.6 Å². The summed E-state index contributed by atoms with van der Waals surface area (Å²) >= 11 is 0. The van der Waals surface area contributed by atoms with E-state index in [4.69, 9.17) is 0 Å². The van der Waals surface area contributed by atoms with Crippen LogP contribution in [0.25, 0.3) is 0 Å². The Hall–Kier alpha value is -1.75. The van der Waals surface area contributed by atoms with Gasteiger partial charge in [0.05, 0.1) is 0 Å². The van der Waals surface area contributed by atoms with Crippen LogP contribution in [0.2, 0.25) is 0 Å². The Morgan fingerprint density at radius 2 is 2.00 bits per heavy atom. The third kappa shape index (κ3) is 5.13. The fraction of sp³-hybridized carbons (Fsp3) is 0.500. The highest BCUT2D eigenvalue weighted by atomic mass is 19.2. The molecule has 0 unspecified atom stereocenters. The fourth-order valence-electron chi connectivity index (χ4n) is 2.83. The molecule has 126 valence electrons. The van der Waals surface area contributed by atoms with E-state index in [1.54, 1.807) is 6.07 Å². The van der Waals surface area contributed by atoms with E-state index in [1.807, 2.05) is 19.9 Å². The largest absolute Gasteiger partial charge is 0.350 e. The van der Waals surface area contributed by atoms with E-state index in [9.17, 15) is 13.6 Å². The second-order valence-electron chi connectivity index (χ2n) is 6.07. The number of allylic oxidation sites excluding steroid dienone is 1. The first-order valence-electron chi connectivity index (χ1n) is 8.13. The molecule has 0 atom stereocenters. The van der Waals surface area contributed by atoms with Crippen LogP contribution in [0.4, 0.5) is 8.78 Å². The summed E-state index contributed by atoms with van der Waals surface area (Å²) in [5.41, 5.74) is 1.53. The molecule has 1 aliphatic heterocycles. The minimum Gasteiger partial charge on any atom is -0.350 e. The van der Waals surface area contributed by atoms with Gasteiger partial charge in [0.2, 0.25) is 5.91 Å². The van der Waals surface area contributed by atoms with Crippen LogP contribution >= 0.6 is 0 Å². The molecule has 23 heavy (non-hydrogen) atoms. The Morgan fingerprint density at radius 3 is 2.61 bits per heavy atom. The van der Waals surface area contributed by atoms with E-state index in [0.29, 0.717) is 6.54 Å². The first kappa shape index (κ1) is 17.6. The van der Waals surface area contributed by atoms with Crippen LogP contribution in [-0.4, -0.2) is 29.9 Å². The second-order valence-corrected chi connectivity index (χ2v) is 6.07. The number of rotatable bonds is 5. The lowest BCUT2D eigenvalue weighted by Crippen LogP contribution is -2.44. The van der Waals surface area contributed by atoms with Crippen molar-refractivity contribution in [1.29, 1.82) is 0 Å². The standard InChI is InChI=1S/C18H24F2N2O/c1-3-4-13(2)18(23)21-15-7-9-22(10-8-15)12-14-5-6-16(19)17(20)11-14/h4-6,11,15H,3,7-10,12H2,1-2H3,(H,21,23)/b13-4-. The third-order valence-corrected chi connectivity index (χ3v) is 4.18. The first-order valence-corrected chi connectivity index (χ1v) is 8.13. The lowest BCUT2D eigenvalue weighted by molar-refractivity contribution is -0.118. The van der Waals surface area contributed by atoms with Crippen LogP contribution in [0.1, 0.15) is 38.7 Å². The number of likely N-dealkylation sites (tertiary alicyclic amines) is 1. The highest BCUT2D eigenvalue weighted by Crippen LogP contribution is 2.16. The molecule has 1 aliphatic rings. The molecule has 1 saturated heterocycles. The third-order valence-electron chi connectivity index (χ3n) is 4.18. The van der Waals surface area contributed by atoms with Gasteiger partial charge in [0.15, 0.2) is 11.6 Å². The van der Waals surface area contributed by atoms with Gasteiger partial charge in [0.1, 0.15) is 0 Å². The van der Waals surface area contributed by atoms with Crippen LogP contribution in [0.3, 0.4) is 0 Å². The maximum absolute atomic E-state index is 13.2. The molecular weight excluding hydrogens is 298 g/mol. The smallest absolute Gasteiger partial charge is 0.246 e. The normalized spacial score (nSPS) is 17.3. The van der Waals surface area contributed by atoms with Gasteiger partial charge >= 0.3 is 0 Å². The molecule has 0 saturated carbocycles. The zero-order chi connectivity index (χ0) is 16.8. The number of hydrogen-bond acceptors (Lipinski definition) is 2. The summed E-state index contributed by atoms with van der Waals surface area (Å²) in [5.74, 6) is -1.61. The molecule has 1 heterocycles. The molecule has 0 bridgehead atoms. The number of piperidine rings is 1. The molecule has 1 aromatic carbocycles. The molecule has 0 radical (unpaired) electrons. The van der Waals surface area contributed by atoms with Crippen molar-refractivity contribution in [3.63, 3.8) is 0 Å². The average molecular weight is 322 g/mol. The van der Waals surface area contributed by atoms with Gasteiger partial charge in [0, 0.05) is 31.2 Å². The Morgan fingerprint density at radius 1 is 1.30 bits per heavy atom. The van der Waals surface area contributed by atoms with Crippen molar-refractivity contribution < 1.29 is 13.6 Å². The molecule has 1 N–H and O–H groups in total. The number of amides is 1. The molecule has 1 aromatic rings. The summed E-state index contributed by atoms with van der Waals surface area (Å²) in [4.78, 5) is 14.2. The highest BCUT2D eigenvalue weighted by molar-refractivity contribution is 5.92. The summed E-state index contributed by atoms with van der Waals surface area (Å²) in [6.07, 6.45) is 4.52. The monoisotopic (exact) mass is 322 g/mol. The molecule has 5 heteroatoms. The summed E-state index contributed by atoms with van der Waals surface area (Å²) in [7, 11) is 0. The van der Waals surface area contributed by atoms with Gasteiger partial charge in [-0.3, -0.25) is 9.69 Å². The van der Waals surface area contributed by atoms with Crippen LogP contribution in [-0.2, 0) is 11.3 Å². The lowest BCUT2D eigenvalue weighted by Gasteiger charge is -2.32. The number of carbonyl (C=O) groups excluding carboxylic acids is 1. The van der Waals surface area contributed by atoms with Gasteiger partial charge in [-0.2, -0.15) is 0 Å². The van der Waals surface area contributed by atoms with E-state index in [0.717, 1.165) is 43.5 Å². The van der Waals surface area contributed by atoms with E-state index in [1.165, 1.54) is 12.1 Å². The van der Waals surface area contributed by atoms with Gasteiger partial charge in [-0.25, -0.2) is 8.78 Å². The summed E-state index contributed by atoms with van der Waals surface area (Å²) in [5, 5.41) is 3.06. The molecule has 1 fully saturated rings. The average Bonchev–Trinajstić information content (AvgIpc) is 2.53. The molecule has 0 aliphatic carbocycles. The minimum atomic E-state index is -0.814. The lowest BCUT2D eigenvalue weighted by atomic mass is 10.0. The van der Waals surface area contributed by atoms with Crippen molar-refractivity contribution in [1.82, 2.24) is 10.2 Å². The Bertz CT molecular complexity index is 578. The summed E-state index contributed by atoms with van der Waals surface area (Å²) < 4.78 is 26.2. The molecule has 0 spiro atoms. The van der Waals surface area contributed by atoms with E-state index in [-0.39, 0.29) is 11.9 Å². The zero-order valence-electron chi connectivity index (χ0n) is 13.7. The number of nitrogens with one attached hydrogen (secondary N) is 1. The molecule has 3 nitrogen and oxygen atoms in total. The zero-order valence-corrected chi connectivity index (χ0v) is 13.7. The maximum Gasteiger partial charge on any atom is 0.246 e. The van der Waals surface area contributed by atoms with E-state index in [2.05, 4.69) is 10.2 Å². The second kappa shape index (κ2) is 8.20. The van der Waals surface area contributed by atoms with Crippen molar-refractivity contribution in [3.8, 4) is 0 Å². The van der Waals surface area contributed by atoms with Crippen molar-refractivity contribution >= 4 is 5.91 Å². The van der Waals surface area contributed by atoms with Crippen molar-refractivity contribution in [3.05, 3.63) is 47.0 Å². The van der Waals surface area contributed by atoms with Gasteiger partial charge in [-0.15, -0.1) is 0 Å². The highest BCUT2D eigenvalue weighted by Gasteiger charge is 2.21. The maximum atomic E-state index is 13.2. The molecular formula is C18H24F2N2O. The topological polar surface area (TPSA) is 32.3 Å². The van der Waals surface area contributed by atoms with Crippen LogP contribution in [0, 0.1) is 11.6 Å². The predicted octanol–water partition coefficient (Wildman–Crippen LogP) is 3.40. The van der Waals surface area contributed by atoms with Gasteiger partial charge < -0.3 is 5.32 Å². The number of carbonyl (C=O) groups is 1. The van der Waals surface area contributed by atoms with Crippen molar-refractivity contribution in [2.75, 3.05) is 13.1 Å². The fourth-order valence-corrected chi connectivity index (χ4v) is 2.83. The summed E-state index contributed by atoms with van der Waals surface area (Å²) in [6.45, 7) is 6.11. The minimum absolute atomic E-state index is 0.00547. The van der Waals surface area contributed by atoms with Crippen LogP contribution in [0.15, 0.2) is 29.8 Å². The Kier molecular flexibility index (Phi) is 6.28. The van der Waals surface area contributed by atoms with Gasteiger partial charge in [-0.05, 0) is 43.9 Å². The number of benzene rings is 1. The number of hydrogen-bond donors (Lipinski definition) is 1. The molecule has 2 rings (SSSR count). The summed E-state index contributed by atoms with van der Waals surface area (Å²) in [6, 6.07) is 4.22. The molecule has 0 aromatic heterocycles. The SMILES string of the molecule is CC/C=C(/C)C(=O)NC1CCN(Cc2ccc(F)c(F)c2)CC1.